The summed E-state index contributed by atoms with van der Waals surface area (Å²) >= 11 is 0. The lowest BCUT2D eigenvalue weighted by molar-refractivity contribution is -0.133. The van der Waals surface area contributed by atoms with Crippen LogP contribution < -0.4 is 5.32 Å². The van der Waals surface area contributed by atoms with Gasteiger partial charge in [-0.1, -0.05) is 6.42 Å². The maximum Gasteiger partial charge on any atom is 0.244 e. The molecule has 0 aromatic carbocycles. The summed E-state index contributed by atoms with van der Waals surface area (Å²) in [4.78, 5) is 25.6. The summed E-state index contributed by atoms with van der Waals surface area (Å²) in [5, 5.41) is 2.75. The van der Waals surface area contributed by atoms with Crippen LogP contribution >= 0.6 is 0 Å². The van der Waals surface area contributed by atoms with Crippen molar-refractivity contribution in [3.8, 4) is 0 Å². The number of hydrogen-bond acceptors (Lipinski definition) is 2. The Morgan fingerprint density at radius 3 is 2.78 bits per heavy atom. The van der Waals surface area contributed by atoms with E-state index in [4.69, 9.17) is 0 Å². The molecule has 4 atom stereocenters. The van der Waals surface area contributed by atoms with Crippen molar-refractivity contribution in [3.63, 3.8) is 0 Å². The largest absolute Gasteiger partial charge is 0.345 e. The minimum absolute atomic E-state index is 0.00583. The summed E-state index contributed by atoms with van der Waals surface area (Å²) in [7, 11) is 0. The normalized spacial score (nSPS) is 39.9. The van der Waals surface area contributed by atoms with Crippen LogP contribution in [-0.2, 0) is 9.59 Å². The van der Waals surface area contributed by atoms with Gasteiger partial charge in [-0.3, -0.25) is 9.59 Å². The molecule has 2 aliphatic carbocycles. The topological polar surface area (TPSA) is 49.4 Å². The summed E-state index contributed by atoms with van der Waals surface area (Å²) in [6.07, 6.45) is 5.87. The van der Waals surface area contributed by atoms with E-state index in [1.54, 1.807) is 6.92 Å². The van der Waals surface area contributed by atoms with E-state index in [2.05, 4.69) is 5.32 Å². The predicted molar refractivity (Wildman–Crippen MR) is 67.7 cm³/mol. The Hall–Kier alpha value is -1.06. The van der Waals surface area contributed by atoms with E-state index in [1.165, 1.54) is 25.7 Å². The zero-order chi connectivity index (χ0) is 12.7. The average molecular weight is 250 g/mol. The van der Waals surface area contributed by atoms with Crippen LogP contribution in [0, 0.1) is 17.8 Å². The van der Waals surface area contributed by atoms with Crippen molar-refractivity contribution in [2.45, 2.75) is 45.1 Å². The number of fused-ring (bicyclic) bond motifs is 2. The van der Waals surface area contributed by atoms with Crippen molar-refractivity contribution in [2.24, 2.45) is 17.8 Å². The Kier molecular flexibility index (Phi) is 3.04. The summed E-state index contributed by atoms with van der Waals surface area (Å²) in [5.41, 5.74) is 0. The average Bonchev–Trinajstić information content (AvgIpc) is 2.92. The Bertz CT molecular complexity index is 369. The zero-order valence-corrected chi connectivity index (χ0v) is 11.0. The van der Waals surface area contributed by atoms with Crippen LogP contribution in [0.1, 0.15) is 39.0 Å². The lowest BCUT2D eigenvalue weighted by Crippen LogP contribution is -2.44. The van der Waals surface area contributed by atoms with E-state index in [-0.39, 0.29) is 17.9 Å². The van der Waals surface area contributed by atoms with Gasteiger partial charge in [0.05, 0.1) is 0 Å². The molecule has 3 rings (SSSR count). The SMILES string of the molecule is CC1NC(=O)CCN(CC2CC3CCC2C3)C1=O. The summed E-state index contributed by atoms with van der Waals surface area (Å²) in [6, 6.07) is -0.349. The van der Waals surface area contributed by atoms with Crippen LogP contribution in [-0.4, -0.2) is 35.8 Å². The highest BCUT2D eigenvalue weighted by Gasteiger charge is 2.41. The quantitative estimate of drug-likeness (QED) is 0.799. The molecule has 1 aliphatic heterocycles. The minimum Gasteiger partial charge on any atom is -0.345 e. The van der Waals surface area contributed by atoms with E-state index >= 15 is 0 Å². The zero-order valence-electron chi connectivity index (χ0n) is 11.0. The van der Waals surface area contributed by atoms with E-state index in [1.807, 2.05) is 4.90 Å². The molecule has 2 bridgehead atoms. The third kappa shape index (κ3) is 2.13. The lowest BCUT2D eigenvalue weighted by Gasteiger charge is -2.29. The van der Waals surface area contributed by atoms with E-state index < -0.39 is 0 Å². The maximum atomic E-state index is 12.2. The first-order valence-electron chi connectivity index (χ1n) is 7.21. The molecule has 3 fully saturated rings. The number of rotatable bonds is 2. The van der Waals surface area contributed by atoms with Gasteiger partial charge in [0.2, 0.25) is 11.8 Å². The molecule has 3 aliphatic rings. The maximum absolute atomic E-state index is 12.2. The number of nitrogens with one attached hydrogen (secondary N) is 1. The fraction of sp³-hybridized carbons (Fsp3) is 0.857. The third-order valence-corrected chi connectivity index (χ3v) is 5.01. The Labute approximate surface area is 108 Å². The predicted octanol–water partition coefficient (Wildman–Crippen LogP) is 1.16. The standard InChI is InChI=1S/C14H22N2O2/c1-9-14(18)16(5-4-13(17)15-9)8-12-7-10-2-3-11(12)6-10/h9-12H,2-8H2,1H3,(H,15,17). The molecule has 4 heteroatoms. The molecule has 2 amide bonds. The van der Waals surface area contributed by atoms with Gasteiger partial charge >= 0.3 is 0 Å². The molecular formula is C14H22N2O2. The molecule has 4 unspecified atom stereocenters. The van der Waals surface area contributed by atoms with E-state index in [0.29, 0.717) is 18.9 Å². The van der Waals surface area contributed by atoms with E-state index in [0.717, 1.165) is 18.4 Å². The van der Waals surface area contributed by atoms with Crippen LogP contribution in [0.2, 0.25) is 0 Å². The van der Waals surface area contributed by atoms with Gasteiger partial charge in [-0.2, -0.15) is 0 Å². The van der Waals surface area contributed by atoms with Gasteiger partial charge in [0, 0.05) is 19.5 Å². The third-order valence-electron chi connectivity index (χ3n) is 5.01. The van der Waals surface area contributed by atoms with Crippen molar-refractivity contribution in [2.75, 3.05) is 13.1 Å². The van der Waals surface area contributed by atoms with Crippen LogP contribution in [0.15, 0.2) is 0 Å². The number of carbonyl (C=O) groups is 2. The van der Waals surface area contributed by atoms with Crippen LogP contribution in [0.25, 0.3) is 0 Å². The summed E-state index contributed by atoms with van der Waals surface area (Å²) in [6.45, 7) is 3.27. The Morgan fingerprint density at radius 1 is 1.28 bits per heavy atom. The monoisotopic (exact) mass is 250 g/mol. The second-order valence-electron chi connectivity index (χ2n) is 6.26. The fourth-order valence-corrected chi connectivity index (χ4v) is 4.06. The van der Waals surface area contributed by atoms with Crippen molar-refractivity contribution in [1.29, 1.82) is 0 Å². The highest BCUT2D eigenvalue weighted by Crippen LogP contribution is 2.48. The number of hydrogen-bond donors (Lipinski definition) is 1. The molecule has 100 valence electrons. The molecule has 0 aromatic rings. The summed E-state index contributed by atoms with van der Waals surface area (Å²) in [5.74, 6) is 2.55. The highest BCUT2D eigenvalue weighted by atomic mass is 16.2. The first-order valence-corrected chi connectivity index (χ1v) is 7.21. The molecule has 1 saturated heterocycles. The van der Waals surface area contributed by atoms with Gasteiger partial charge in [-0.25, -0.2) is 0 Å². The molecule has 18 heavy (non-hydrogen) atoms. The highest BCUT2D eigenvalue weighted by molar-refractivity contribution is 5.89. The van der Waals surface area contributed by atoms with Crippen LogP contribution in [0.5, 0.6) is 0 Å². The number of carbonyl (C=O) groups excluding carboxylic acids is 2. The minimum atomic E-state index is -0.349. The van der Waals surface area contributed by atoms with E-state index in [9.17, 15) is 9.59 Å². The molecule has 4 nitrogen and oxygen atoms in total. The first kappa shape index (κ1) is 12.0. The number of amides is 2. The number of nitrogens with zero attached hydrogens (tertiary/aromatic N) is 1. The first-order chi connectivity index (χ1) is 8.63. The van der Waals surface area contributed by atoms with Gasteiger partial charge in [0.1, 0.15) is 6.04 Å². The molecule has 0 spiro atoms. The second kappa shape index (κ2) is 4.56. The van der Waals surface area contributed by atoms with Crippen molar-refractivity contribution >= 4 is 11.8 Å². The van der Waals surface area contributed by atoms with Gasteiger partial charge in [-0.05, 0) is 43.9 Å². The Balaban J connectivity index is 1.64. The second-order valence-corrected chi connectivity index (χ2v) is 6.26. The van der Waals surface area contributed by atoms with Gasteiger partial charge < -0.3 is 10.2 Å². The summed E-state index contributed by atoms with van der Waals surface area (Å²) < 4.78 is 0. The molecule has 0 aromatic heterocycles. The van der Waals surface area contributed by atoms with Gasteiger partial charge in [-0.15, -0.1) is 0 Å². The van der Waals surface area contributed by atoms with Crippen LogP contribution in [0.3, 0.4) is 0 Å². The molecule has 1 N–H and O–H groups in total. The molecule has 2 saturated carbocycles. The smallest absolute Gasteiger partial charge is 0.244 e. The van der Waals surface area contributed by atoms with Crippen molar-refractivity contribution in [1.82, 2.24) is 10.2 Å². The van der Waals surface area contributed by atoms with Gasteiger partial charge in [0.15, 0.2) is 0 Å². The fourth-order valence-electron chi connectivity index (χ4n) is 4.06. The van der Waals surface area contributed by atoms with Crippen molar-refractivity contribution < 1.29 is 9.59 Å². The molecular weight excluding hydrogens is 228 g/mol. The van der Waals surface area contributed by atoms with Crippen LogP contribution in [0.4, 0.5) is 0 Å². The molecule has 1 heterocycles. The van der Waals surface area contributed by atoms with Crippen molar-refractivity contribution in [3.05, 3.63) is 0 Å². The van der Waals surface area contributed by atoms with Gasteiger partial charge in [0.25, 0.3) is 0 Å². The Morgan fingerprint density at radius 2 is 2.11 bits per heavy atom. The lowest BCUT2D eigenvalue weighted by atomic mass is 9.88. The molecule has 0 radical (unpaired) electrons.